The van der Waals surface area contributed by atoms with Crippen LogP contribution in [0.2, 0.25) is 0 Å². The molecule has 0 aliphatic heterocycles. The molecule has 0 bridgehead atoms. The molecule has 1 N–H and O–H groups in total. The van der Waals surface area contributed by atoms with E-state index in [1.165, 1.54) is 12.0 Å². The van der Waals surface area contributed by atoms with E-state index in [1.54, 1.807) is 24.3 Å². The van der Waals surface area contributed by atoms with E-state index < -0.39 is 9.84 Å². The number of nitrogens with one attached hydrogen (secondary N) is 1. The maximum atomic E-state index is 12.7. The van der Waals surface area contributed by atoms with Gasteiger partial charge in [0, 0.05) is 12.6 Å². The third-order valence-corrected chi connectivity index (χ3v) is 6.71. The van der Waals surface area contributed by atoms with Gasteiger partial charge in [0.1, 0.15) is 0 Å². The van der Waals surface area contributed by atoms with Crippen molar-refractivity contribution in [2.24, 2.45) is 5.92 Å². The first-order valence-corrected chi connectivity index (χ1v) is 10.4. The summed E-state index contributed by atoms with van der Waals surface area (Å²) < 4.78 is 25.4. The highest BCUT2D eigenvalue weighted by atomic mass is 32.2. The zero-order valence-electron chi connectivity index (χ0n) is 13.9. The lowest BCUT2D eigenvalue weighted by Gasteiger charge is -2.32. The van der Waals surface area contributed by atoms with Crippen molar-refractivity contribution in [3.8, 4) is 0 Å². The summed E-state index contributed by atoms with van der Waals surface area (Å²) in [6, 6.07) is 19.4. The molecule has 1 fully saturated rings. The van der Waals surface area contributed by atoms with Crippen molar-refractivity contribution < 1.29 is 8.42 Å². The van der Waals surface area contributed by atoms with Crippen LogP contribution in [-0.2, 0) is 16.4 Å². The number of benzene rings is 2. The molecule has 0 saturated heterocycles. The Labute approximate surface area is 145 Å². The van der Waals surface area contributed by atoms with Gasteiger partial charge in [0.2, 0.25) is 0 Å². The van der Waals surface area contributed by atoms with Crippen molar-refractivity contribution in [2.45, 2.75) is 43.2 Å². The quantitative estimate of drug-likeness (QED) is 0.867. The minimum absolute atomic E-state index is 0.188. The summed E-state index contributed by atoms with van der Waals surface area (Å²) in [6.07, 6.45) is 4.34. The Balaban J connectivity index is 1.66. The monoisotopic (exact) mass is 343 g/mol. The maximum Gasteiger partial charge on any atom is 0.178 e. The fraction of sp³-hybridized carbons (Fsp3) is 0.400. The highest BCUT2D eigenvalue weighted by molar-refractivity contribution is 7.91. The van der Waals surface area contributed by atoms with Gasteiger partial charge in [-0.05, 0) is 36.5 Å². The van der Waals surface area contributed by atoms with E-state index in [9.17, 15) is 8.42 Å². The van der Waals surface area contributed by atoms with Crippen LogP contribution in [0.1, 0.15) is 31.2 Å². The highest BCUT2D eigenvalue weighted by Gasteiger charge is 2.29. The topological polar surface area (TPSA) is 46.2 Å². The van der Waals surface area contributed by atoms with Gasteiger partial charge in [0.15, 0.2) is 9.84 Å². The summed E-state index contributed by atoms with van der Waals surface area (Å²) >= 11 is 0. The fourth-order valence-corrected chi connectivity index (χ4v) is 5.25. The second kappa shape index (κ2) is 7.95. The third kappa shape index (κ3) is 4.46. The number of sulfone groups is 1. The van der Waals surface area contributed by atoms with E-state index in [-0.39, 0.29) is 17.7 Å². The highest BCUT2D eigenvalue weighted by Crippen LogP contribution is 2.28. The average molecular weight is 343 g/mol. The van der Waals surface area contributed by atoms with Crippen LogP contribution in [0.5, 0.6) is 0 Å². The van der Waals surface area contributed by atoms with Crippen molar-refractivity contribution in [3.05, 3.63) is 66.2 Å². The van der Waals surface area contributed by atoms with E-state index in [1.807, 2.05) is 24.3 Å². The van der Waals surface area contributed by atoms with Gasteiger partial charge in [-0.25, -0.2) is 8.42 Å². The van der Waals surface area contributed by atoms with Gasteiger partial charge in [0.25, 0.3) is 0 Å². The smallest absolute Gasteiger partial charge is 0.178 e. The number of rotatable bonds is 6. The molecule has 3 nitrogen and oxygen atoms in total. The summed E-state index contributed by atoms with van der Waals surface area (Å²) in [6.45, 7) is 0.799. The molecule has 1 saturated carbocycles. The van der Waals surface area contributed by atoms with Crippen LogP contribution < -0.4 is 5.32 Å². The largest absolute Gasteiger partial charge is 0.310 e. The molecule has 1 aliphatic rings. The predicted molar refractivity (Wildman–Crippen MR) is 97.5 cm³/mol. The van der Waals surface area contributed by atoms with Crippen LogP contribution in [0, 0.1) is 5.92 Å². The van der Waals surface area contributed by atoms with Gasteiger partial charge in [-0.1, -0.05) is 61.4 Å². The van der Waals surface area contributed by atoms with Crippen molar-refractivity contribution in [1.29, 1.82) is 0 Å². The van der Waals surface area contributed by atoms with Gasteiger partial charge in [0.05, 0.1) is 10.6 Å². The molecule has 1 aliphatic carbocycles. The molecule has 24 heavy (non-hydrogen) atoms. The Morgan fingerprint density at radius 1 is 0.875 bits per heavy atom. The van der Waals surface area contributed by atoms with Crippen molar-refractivity contribution in [3.63, 3.8) is 0 Å². The molecule has 0 unspecified atom stereocenters. The Morgan fingerprint density at radius 3 is 2.21 bits per heavy atom. The molecule has 0 radical (unpaired) electrons. The summed E-state index contributed by atoms with van der Waals surface area (Å²) in [7, 11) is -3.22. The molecule has 0 amide bonds. The minimum Gasteiger partial charge on any atom is -0.310 e. The summed E-state index contributed by atoms with van der Waals surface area (Å²) in [5.74, 6) is 0.427. The Bertz CT molecular complexity index is 729. The molecule has 0 aromatic heterocycles. The predicted octanol–water partition coefficient (Wildman–Crippen LogP) is 3.81. The third-order valence-electron chi connectivity index (χ3n) is 4.86. The fourth-order valence-electron chi connectivity index (χ4n) is 3.53. The Hall–Kier alpha value is -1.65. The first kappa shape index (κ1) is 17.2. The Morgan fingerprint density at radius 2 is 1.50 bits per heavy atom. The van der Waals surface area contributed by atoms with E-state index in [0.29, 0.717) is 4.90 Å². The molecule has 128 valence electrons. The van der Waals surface area contributed by atoms with Gasteiger partial charge < -0.3 is 5.32 Å². The second-order valence-corrected chi connectivity index (χ2v) is 8.65. The lowest BCUT2D eigenvalue weighted by molar-refractivity contribution is 0.281. The van der Waals surface area contributed by atoms with Crippen LogP contribution in [0.25, 0.3) is 0 Å². The molecule has 2 aromatic carbocycles. The molecule has 0 spiro atoms. The first-order chi connectivity index (χ1) is 11.6. The Kier molecular flexibility index (Phi) is 5.69. The molecule has 2 aromatic rings. The molecular formula is C20H25NO2S. The van der Waals surface area contributed by atoms with Crippen LogP contribution in [-0.4, -0.2) is 20.2 Å². The summed E-state index contributed by atoms with van der Waals surface area (Å²) in [5, 5.41) is 3.60. The molecule has 2 atom stereocenters. The van der Waals surface area contributed by atoms with E-state index in [4.69, 9.17) is 0 Å². The van der Waals surface area contributed by atoms with Gasteiger partial charge in [-0.2, -0.15) is 0 Å². The molecule has 3 rings (SSSR count). The number of hydrogen-bond donors (Lipinski definition) is 1. The molecular weight excluding hydrogens is 318 g/mol. The van der Waals surface area contributed by atoms with Crippen molar-refractivity contribution in [2.75, 3.05) is 5.75 Å². The average Bonchev–Trinajstić information content (AvgIpc) is 2.62. The zero-order chi connectivity index (χ0) is 16.8. The SMILES string of the molecule is O=S(=O)(C[C@@H]1CCCC[C@@H]1NCc1ccccc1)c1ccccc1. The first-order valence-electron chi connectivity index (χ1n) is 8.70. The normalized spacial score (nSPS) is 21.5. The second-order valence-electron chi connectivity index (χ2n) is 6.61. The lowest BCUT2D eigenvalue weighted by Crippen LogP contribution is -2.41. The van der Waals surface area contributed by atoms with Crippen LogP contribution in [0.15, 0.2) is 65.6 Å². The van der Waals surface area contributed by atoms with Gasteiger partial charge in [-0.15, -0.1) is 0 Å². The van der Waals surface area contributed by atoms with E-state index in [2.05, 4.69) is 17.4 Å². The standard InChI is InChI=1S/C20H25NO2S/c22-24(23,19-12-5-2-6-13-19)16-18-11-7-8-14-20(18)21-15-17-9-3-1-4-10-17/h1-6,9-10,12-13,18,20-21H,7-8,11,14-16H2/t18-,20-/m0/s1. The molecule has 0 heterocycles. The molecule has 4 heteroatoms. The maximum absolute atomic E-state index is 12.7. The van der Waals surface area contributed by atoms with E-state index in [0.717, 1.165) is 25.8 Å². The van der Waals surface area contributed by atoms with Crippen molar-refractivity contribution >= 4 is 9.84 Å². The van der Waals surface area contributed by atoms with Crippen LogP contribution in [0.3, 0.4) is 0 Å². The van der Waals surface area contributed by atoms with Gasteiger partial charge in [-0.3, -0.25) is 0 Å². The lowest BCUT2D eigenvalue weighted by atomic mass is 9.85. The van der Waals surface area contributed by atoms with E-state index >= 15 is 0 Å². The minimum atomic E-state index is -3.22. The van der Waals surface area contributed by atoms with Crippen LogP contribution >= 0.6 is 0 Å². The number of hydrogen-bond acceptors (Lipinski definition) is 3. The van der Waals surface area contributed by atoms with Gasteiger partial charge >= 0.3 is 0 Å². The zero-order valence-corrected chi connectivity index (χ0v) is 14.7. The summed E-state index contributed by atoms with van der Waals surface area (Å²) in [4.78, 5) is 0.442. The van der Waals surface area contributed by atoms with Crippen LogP contribution in [0.4, 0.5) is 0 Å². The summed E-state index contributed by atoms with van der Waals surface area (Å²) in [5.41, 5.74) is 1.24. The van der Waals surface area contributed by atoms with Crippen molar-refractivity contribution in [1.82, 2.24) is 5.32 Å².